The van der Waals surface area contributed by atoms with E-state index in [1.165, 1.54) is 11.3 Å². The average molecular weight is 551 g/mol. The van der Waals surface area contributed by atoms with Crippen molar-refractivity contribution in [1.82, 2.24) is 4.57 Å². The maximum atomic E-state index is 14.0. The van der Waals surface area contributed by atoms with Gasteiger partial charge in [0.05, 0.1) is 35.1 Å². The summed E-state index contributed by atoms with van der Waals surface area (Å²) in [5.41, 5.74) is 4.65. The second-order valence-corrected chi connectivity index (χ2v) is 11.8. The lowest BCUT2D eigenvalue weighted by atomic mass is 9.95. The maximum absolute atomic E-state index is 14.0. The Hall–Kier alpha value is -3.10. The lowest BCUT2D eigenvalue weighted by molar-refractivity contribution is -0.143. The zero-order valence-corrected chi connectivity index (χ0v) is 24.8. The van der Waals surface area contributed by atoms with Gasteiger partial charge in [-0.05, 0) is 92.5 Å². The van der Waals surface area contributed by atoms with Crippen LogP contribution < -0.4 is 19.6 Å². The molecule has 0 unspecified atom stereocenters. The molecular formula is C30H34N2O4S2. The molecule has 0 fully saturated rings. The number of thiazole rings is 1. The Morgan fingerprint density at radius 1 is 1.13 bits per heavy atom. The lowest BCUT2D eigenvalue weighted by Crippen LogP contribution is -2.40. The SMILES string of the molecule is COc1cc(C)c(/C=c2\sc3n(c2=O)[C@H](c2ccc(SC)cc2)C(C(=O)OC(C)C)=C(C)N=3)cc1C(C)C. The van der Waals surface area contributed by atoms with E-state index >= 15 is 0 Å². The molecule has 0 aliphatic carbocycles. The number of ether oxygens (including phenoxy) is 2. The second kappa shape index (κ2) is 11.3. The van der Waals surface area contributed by atoms with E-state index in [-0.39, 0.29) is 17.6 Å². The largest absolute Gasteiger partial charge is 0.496 e. The number of esters is 1. The molecule has 3 aromatic rings. The van der Waals surface area contributed by atoms with Crippen molar-refractivity contribution in [3.05, 3.63) is 89.6 Å². The number of nitrogens with zero attached hydrogens (tertiary/aromatic N) is 2. The summed E-state index contributed by atoms with van der Waals surface area (Å²) in [5, 5.41) is 0. The van der Waals surface area contributed by atoms with Crippen LogP contribution in [0.3, 0.4) is 0 Å². The summed E-state index contributed by atoms with van der Waals surface area (Å²) >= 11 is 2.97. The molecule has 0 radical (unpaired) electrons. The van der Waals surface area contributed by atoms with E-state index in [9.17, 15) is 9.59 Å². The molecule has 0 amide bonds. The number of hydrogen-bond acceptors (Lipinski definition) is 7. The van der Waals surface area contributed by atoms with E-state index in [4.69, 9.17) is 14.5 Å². The van der Waals surface area contributed by atoms with E-state index in [1.807, 2.05) is 63.4 Å². The van der Waals surface area contributed by atoms with Crippen molar-refractivity contribution in [3.63, 3.8) is 0 Å². The van der Waals surface area contributed by atoms with Crippen LogP contribution in [0.15, 0.2) is 62.4 Å². The molecule has 6 nitrogen and oxygen atoms in total. The number of benzene rings is 2. The number of allylic oxidation sites excluding steroid dienone is 1. The van der Waals surface area contributed by atoms with Crippen molar-refractivity contribution in [2.24, 2.45) is 4.99 Å². The molecule has 1 aliphatic heterocycles. The molecule has 1 atom stereocenters. The third-order valence-corrected chi connectivity index (χ3v) is 8.27. The van der Waals surface area contributed by atoms with Gasteiger partial charge in [0, 0.05) is 4.90 Å². The molecule has 0 saturated carbocycles. The molecule has 200 valence electrons. The Morgan fingerprint density at radius 3 is 2.39 bits per heavy atom. The number of hydrogen-bond donors (Lipinski definition) is 0. The fourth-order valence-electron chi connectivity index (χ4n) is 4.60. The molecule has 2 aromatic carbocycles. The van der Waals surface area contributed by atoms with Gasteiger partial charge in [-0.25, -0.2) is 9.79 Å². The summed E-state index contributed by atoms with van der Waals surface area (Å²) < 4.78 is 13.4. The Labute approximate surface area is 231 Å². The van der Waals surface area contributed by atoms with Gasteiger partial charge in [-0.15, -0.1) is 11.8 Å². The first-order valence-corrected chi connectivity index (χ1v) is 14.7. The quantitative estimate of drug-likeness (QED) is 0.293. The molecule has 0 bridgehead atoms. The number of rotatable bonds is 7. The fourth-order valence-corrected chi connectivity index (χ4v) is 6.05. The highest BCUT2D eigenvalue weighted by Gasteiger charge is 2.33. The minimum atomic E-state index is -0.626. The van der Waals surface area contributed by atoms with Crippen molar-refractivity contribution in [1.29, 1.82) is 0 Å². The van der Waals surface area contributed by atoms with Gasteiger partial charge >= 0.3 is 5.97 Å². The Bertz CT molecular complexity index is 1580. The van der Waals surface area contributed by atoms with E-state index in [0.29, 0.717) is 20.6 Å². The predicted octanol–water partition coefficient (Wildman–Crippen LogP) is 5.35. The summed E-state index contributed by atoms with van der Waals surface area (Å²) in [7, 11) is 1.67. The minimum absolute atomic E-state index is 0.184. The van der Waals surface area contributed by atoms with Crippen LogP contribution in [0.4, 0.5) is 0 Å². The van der Waals surface area contributed by atoms with Gasteiger partial charge in [-0.3, -0.25) is 9.36 Å². The zero-order chi connectivity index (χ0) is 27.7. The molecule has 4 rings (SSSR count). The van der Waals surface area contributed by atoms with Crippen LogP contribution in [-0.4, -0.2) is 30.0 Å². The highest BCUT2D eigenvalue weighted by Crippen LogP contribution is 2.32. The molecule has 8 heteroatoms. The fraction of sp³-hybridized carbons (Fsp3) is 0.367. The molecule has 1 aliphatic rings. The van der Waals surface area contributed by atoms with Gasteiger partial charge < -0.3 is 9.47 Å². The lowest BCUT2D eigenvalue weighted by Gasteiger charge is -2.25. The first kappa shape index (κ1) is 27.9. The standard InChI is InChI=1S/C30H34N2O4S2/c1-16(2)23-14-21(18(5)13-24(23)35-7)15-25-28(33)32-27(20-9-11-22(37-8)12-10-20)26(29(34)36-17(3)4)19(6)31-30(32)38-25/h9-17,27H,1-8H3/b25-15-/t27-/m1/s1. The maximum Gasteiger partial charge on any atom is 0.338 e. The van der Waals surface area contributed by atoms with Crippen LogP contribution in [-0.2, 0) is 9.53 Å². The van der Waals surface area contributed by atoms with Gasteiger partial charge in [0.2, 0.25) is 0 Å². The third kappa shape index (κ3) is 5.38. The molecule has 1 aromatic heterocycles. The molecule has 38 heavy (non-hydrogen) atoms. The third-order valence-electron chi connectivity index (χ3n) is 6.54. The summed E-state index contributed by atoms with van der Waals surface area (Å²) in [6.45, 7) is 11.7. The topological polar surface area (TPSA) is 69.9 Å². The Kier molecular flexibility index (Phi) is 8.33. The molecule has 0 saturated heterocycles. The van der Waals surface area contributed by atoms with Crippen LogP contribution >= 0.6 is 23.1 Å². The average Bonchev–Trinajstić information content (AvgIpc) is 3.17. The van der Waals surface area contributed by atoms with Gasteiger partial charge in [0.25, 0.3) is 5.56 Å². The number of carbonyl (C=O) groups is 1. The predicted molar refractivity (Wildman–Crippen MR) is 155 cm³/mol. The van der Waals surface area contributed by atoms with Crippen LogP contribution in [0.2, 0.25) is 0 Å². The van der Waals surface area contributed by atoms with Crippen LogP contribution in [0.5, 0.6) is 5.75 Å². The van der Waals surface area contributed by atoms with Crippen LogP contribution in [0.25, 0.3) is 6.08 Å². The highest BCUT2D eigenvalue weighted by molar-refractivity contribution is 7.98. The van der Waals surface area contributed by atoms with E-state index in [2.05, 4.69) is 19.9 Å². The van der Waals surface area contributed by atoms with E-state index in [1.54, 1.807) is 30.4 Å². The van der Waals surface area contributed by atoms with Gasteiger partial charge in [0.15, 0.2) is 4.80 Å². The summed E-state index contributed by atoms with van der Waals surface area (Å²) in [6, 6.07) is 11.4. The van der Waals surface area contributed by atoms with Crippen molar-refractivity contribution in [2.75, 3.05) is 13.4 Å². The van der Waals surface area contributed by atoms with E-state index in [0.717, 1.165) is 32.9 Å². The number of thioether (sulfide) groups is 1. The van der Waals surface area contributed by atoms with Gasteiger partial charge in [-0.2, -0.15) is 0 Å². The van der Waals surface area contributed by atoms with Crippen molar-refractivity contribution in [3.8, 4) is 5.75 Å². The molecule has 2 heterocycles. The van der Waals surface area contributed by atoms with E-state index < -0.39 is 12.0 Å². The summed E-state index contributed by atoms with van der Waals surface area (Å²) in [6.07, 6.45) is 3.64. The number of methoxy groups -OCH3 is 1. The van der Waals surface area contributed by atoms with Crippen molar-refractivity contribution < 1.29 is 14.3 Å². The molecular weight excluding hydrogens is 516 g/mol. The second-order valence-electron chi connectivity index (χ2n) is 9.91. The number of aryl methyl sites for hydroxylation is 1. The Balaban J connectivity index is 1.94. The first-order valence-electron chi connectivity index (χ1n) is 12.6. The monoisotopic (exact) mass is 550 g/mol. The molecule has 0 spiro atoms. The minimum Gasteiger partial charge on any atom is -0.496 e. The van der Waals surface area contributed by atoms with Crippen molar-refractivity contribution >= 4 is 35.1 Å². The van der Waals surface area contributed by atoms with Crippen molar-refractivity contribution in [2.45, 2.75) is 64.5 Å². The van der Waals surface area contributed by atoms with Crippen LogP contribution in [0, 0.1) is 6.92 Å². The summed E-state index contributed by atoms with van der Waals surface area (Å²) in [4.78, 5) is 33.6. The first-order chi connectivity index (χ1) is 18.0. The number of fused-ring (bicyclic) bond motifs is 1. The van der Waals surface area contributed by atoms with Gasteiger partial charge in [-0.1, -0.05) is 37.3 Å². The highest BCUT2D eigenvalue weighted by atomic mass is 32.2. The normalized spacial score (nSPS) is 15.6. The van der Waals surface area contributed by atoms with Gasteiger partial charge in [0.1, 0.15) is 5.75 Å². The molecule has 0 N–H and O–H groups in total. The zero-order valence-electron chi connectivity index (χ0n) is 23.1. The smallest absolute Gasteiger partial charge is 0.338 e. The Morgan fingerprint density at radius 2 is 1.82 bits per heavy atom. The number of aromatic nitrogens is 1. The number of carbonyl (C=O) groups excluding carboxylic acids is 1. The summed E-state index contributed by atoms with van der Waals surface area (Å²) in [5.74, 6) is 0.649. The van der Waals surface area contributed by atoms with Crippen LogP contribution in [0.1, 0.15) is 68.8 Å².